The summed E-state index contributed by atoms with van der Waals surface area (Å²) >= 11 is 0. The lowest BCUT2D eigenvalue weighted by Gasteiger charge is -2.16. The molecule has 1 aliphatic heterocycles. The van der Waals surface area contributed by atoms with E-state index in [2.05, 4.69) is 0 Å². The van der Waals surface area contributed by atoms with E-state index in [-0.39, 0.29) is 29.5 Å². The van der Waals surface area contributed by atoms with Crippen LogP contribution in [0.5, 0.6) is 11.5 Å². The minimum absolute atomic E-state index is 0.0640. The van der Waals surface area contributed by atoms with Crippen molar-refractivity contribution >= 4 is 5.91 Å². The van der Waals surface area contributed by atoms with E-state index < -0.39 is 6.10 Å². The standard InChI is InChI=1S/C11H13NO4/c13-7-1-2-10(15)9(5-7)11(16)12-4-3-8(14)6-12/h1-2,5,8,13-15H,3-4,6H2. The maximum Gasteiger partial charge on any atom is 0.257 e. The molecule has 1 heterocycles. The van der Waals surface area contributed by atoms with Crippen molar-refractivity contribution in [1.29, 1.82) is 0 Å². The van der Waals surface area contributed by atoms with Gasteiger partial charge in [-0.1, -0.05) is 0 Å². The number of carbonyl (C=O) groups excluding carboxylic acids is 1. The van der Waals surface area contributed by atoms with Crippen molar-refractivity contribution in [2.75, 3.05) is 13.1 Å². The Morgan fingerprint density at radius 3 is 2.75 bits per heavy atom. The number of rotatable bonds is 1. The third-order valence-corrected chi connectivity index (χ3v) is 2.66. The van der Waals surface area contributed by atoms with Crippen LogP contribution in [0.4, 0.5) is 0 Å². The number of carbonyl (C=O) groups is 1. The van der Waals surface area contributed by atoms with Crippen LogP contribution in [0, 0.1) is 0 Å². The number of aliphatic hydroxyl groups excluding tert-OH is 1. The second-order valence-corrected chi connectivity index (χ2v) is 3.90. The van der Waals surface area contributed by atoms with Crippen LogP contribution in [0.3, 0.4) is 0 Å². The van der Waals surface area contributed by atoms with Crippen molar-refractivity contribution in [3.05, 3.63) is 23.8 Å². The lowest BCUT2D eigenvalue weighted by molar-refractivity contribution is 0.0761. The third-order valence-electron chi connectivity index (χ3n) is 2.66. The fourth-order valence-electron chi connectivity index (χ4n) is 1.79. The fourth-order valence-corrected chi connectivity index (χ4v) is 1.79. The van der Waals surface area contributed by atoms with Crippen LogP contribution in [0.15, 0.2) is 18.2 Å². The van der Waals surface area contributed by atoms with Gasteiger partial charge in [0.25, 0.3) is 5.91 Å². The van der Waals surface area contributed by atoms with Crippen LogP contribution in [-0.2, 0) is 0 Å². The van der Waals surface area contributed by atoms with Crippen molar-refractivity contribution in [1.82, 2.24) is 4.90 Å². The van der Waals surface area contributed by atoms with Gasteiger partial charge in [-0.3, -0.25) is 4.79 Å². The summed E-state index contributed by atoms with van der Waals surface area (Å²) in [7, 11) is 0. The molecule has 2 rings (SSSR count). The maximum atomic E-state index is 11.9. The average molecular weight is 223 g/mol. The topological polar surface area (TPSA) is 81.0 Å². The van der Waals surface area contributed by atoms with Gasteiger partial charge in [0.1, 0.15) is 11.5 Å². The zero-order chi connectivity index (χ0) is 11.7. The number of hydrogen-bond acceptors (Lipinski definition) is 4. The van der Waals surface area contributed by atoms with Crippen LogP contribution >= 0.6 is 0 Å². The normalized spacial score (nSPS) is 20.1. The minimum atomic E-state index is -0.497. The molecule has 0 spiro atoms. The molecule has 5 heteroatoms. The molecule has 5 nitrogen and oxygen atoms in total. The first-order valence-electron chi connectivity index (χ1n) is 5.07. The molecule has 1 aromatic carbocycles. The number of β-amino-alcohol motifs (C(OH)–C–C–N with tert-alkyl or cyclic N) is 1. The Balaban J connectivity index is 2.23. The van der Waals surface area contributed by atoms with Gasteiger partial charge in [-0.2, -0.15) is 0 Å². The number of phenolic OH excluding ortho intramolecular Hbond substituents is 2. The molecule has 1 saturated heterocycles. The van der Waals surface area contributed by atoms with Gasteiger partial charge in [0.05, 0.1) is 11.7 Å². The van der Waals surface area contributed by atoms with Crippen molar-refractivity contribution in [3.63, 3.8) is 0 Å². The van der Waals surface area contributed by atoms with E-state index >= 15 is 0 Å². The summed E-state index contributed by atoms with van der Waals surface area (Å²) in [5.74, 6) is -0.602. The molecule has 1 amide bonds. The Morgan fingerprint density at radius 2 is 2.12 bits per heavy atom. The Bertz CT molecular complexity index is 418. The Labute approximate surface area is 92.6 Å². The Morgan fingerprint density at radius 1 is 1.38 bits per heavy atom. The smallest absolute Gasteiger partial charge is 0.257 e. The van der Waals surface area contributed by atoms with Gasteiger partial charge in [-0.15, -0.1) is 0 Å². The zero-order valence-corrected chi connectivity index (χ0v) is 8.63. The summed E-state index contributed by atoms with van der Waals surface area (Å²) in [6.07, 6.45) is 0.0501. The summed E-state index contributed by atoms with van der Waals surface area (Å²) in [6.45, 7) is 0.739. The first-order valence-corrected chi connectivity index (χ1v) is 5.07. The molecule has 0 bridgehead atoms. The zero-order valence-electron chi connectivity index (χ0n) is 8.63. The van der Waals surface area contributed by atoms with Crippen molar-refractivity contribution < 1.29 is 20.1 Å². The number of benzene rings is 1. The van der Waals surface area contributed by atoms with E-state index in [1.807, 2.05) is 0 Å². The highest BCUT2D eigenvalue weighted by molar-refractivity contribution is 5.97. The van der Waals surface area contributed by atoms with Gasteiger partial charge in [-0.25, -0.2) is 0 Å². The van der Waals surface area contributed by atoms with Gasteiger partial charge in [0.2, 0.25) is 0 Å². The van der Waals surface area contributed by atoms with Gasteiger partial charge in [0.15, 0.2) is 0 Å². The van der Waals surface area contributed by atoms with Crippen LogP contribution in [0.25, 0.3) is 0 Å². The monoisotopic (exact) mass is 223 g/mol. The summed E-state index contributed by atoms with van der Waals surface area (Å²) in [5, 5.41) is 28.1. The molecule has 0 saturated carbocycles. The van der Waals surface area contributed by atoms with Crippen LogP contribution in [0.2, 0.25) is 0 Å². The van der Waals surface area contributed by atoms with Gasteiger partial charge >= 0.3 is 0 Å². The fraction of sp³-hybridized carbons (Fsp3) is 0.364. The van der Waals surface area contributed by atoms with Crippen molar-refractivity contribution in [2.45, 2.75) is 12.5 Å². The molecule has 1 unspecified atom stereocenters. The van der Waals surface area contributed by atoms with Crippen molar-refractivity contribution in [2.24, 2.45) is 0 Å². The van der Waals surface area contributed by atoms with E-state index in [0.717, 1.165) is 0 Å². The Hall–Kier alpha value is -1.75. The molecule has 1 fully saturated rings. The highest BCUT2D eigenvalue weighted by Crippen LogP contribution is 2.24. The lowest BCUT2D eigenvalue weighted by atomic mass is 10.1. The van der Waals surface area contributed by atoms with Gasteiger partial charge in [-0.05, 0) is 24.6 Å². The molecule has 1 aliphatic rings. The number of nitrogens with zero attached hydrogens (tertiary/aromatic N) is 1. The second-order valence-electron chi connectivity index (χ2n) is 3.90. The van der Waals surface area contributed by atoms with Gasteiger partial charge in [0, 0.05) is 13.1 Å². The highest BCUT2D eigenvalue weighted by Gasteiger charge is 2.26. The van der Waals surface area contributed by atoms with Crippen LogP contribution in [-0.4, -0.2) is 45.3 Å². The molecule has 0 aliphatic carbocycles. The van der Waals surface area contributed by atoms with E-state index in [4.69, 9.17) is 0 Å². The van der Waals surface area contributed by atoms with E-state index in [0.29, 0.717) is 13.0 Å². The molecule has 86 valence electrons. The molecule has 16 heavy (non-hydrogen) atoms. The molecule has 0 radical (unpaired) electrons. The highest BCUT2D eigenvalue weighted by atomic mass is 16.3. The summed E-state index contributed by atoms with van der Waals surface area (Å²) < 4.78 is 0. The summed E-state index contributed by atoms with van der Waals surface area (Å²) in [4.78, 5) is 13.4. The number of likely N-dealkylation sites (tertiary alicyclic amines) is 1. The van der Waals surface area contributed by atoms with E-state index in [1.54, 1.807) is 0 Å². The first kappa shape index (κ1) is 10.8. The number of aromatic hydroxyl groups is 2. The molecule has 1 aromatic rings. The molecule has 0 aromatic heterocycles. The van der Waals surface area contributed by atoms with Gasteiger partial charge < -0.3 is 20.2 Å². The number of hydrogen-bond donors (Lipinski definition) is 3. The lowest BCUT2D eigenvalue weighted by Crippen LogP contribution is -2.29. The van der Waals surface area contributed by atoms with Crippen LogP contribution in [0.1, 0.15) is 16.8 Å². The number of amides is 1. The second kappa shape index (κ2) is 4.02. The maximum absolute atomic E-state index is 11.9. The SMILES string of the molecule is O=C(c1cc(O)ccc1O)N1CCC(O)C1. The number of phenols is 2. The quantitative estimate of drug-likeness (QED) is 0.598. The van der Waals surface area contributed by atoms with Crippen molar-refractivity contribution in [3.8, 4) is 11.5 Å². The largest absolute Gasteiger partial charge is 0.508 e. The minimum Gasteiger partial charge on any atom is -0.508 e. The Kier molecular flexibility index (Phi) is 2.70. The molecular formula is C11H13NO4. The summed E-state index contributed by atoms with van der Waals surface area (Å²) in [5.41, 5.74) is 0.0640. The first-order chi connectivity index (χ1) is 7.58. The molecular weight excluding hydrogens is 210 g/mol. The third kappa shape index (κ3) is 1.94. The summed E-state index contributed by atoms with van der Waals surface area (Å²) in [6, 6.07) is 3.81. The van der Waals surface area contributed by atoms with E-state index in [9.17, 15) is 20.1 Å². The average Bonchev–Trinajstić information content (AvgIpc) is 2.67. The van der Waals surface area contributed by atoms with E-state index in [1.165, 1.54) is 23.1 Å². The number of aliphatic hydroxyl groups is 1. The molecule has 3 N–H and O–H groups in total. The molecule has 1 atom stereocenters. The van der Waals surface area contributed by atoms with Crippen LogP contribution < -0.4 is 0 Å². The predicted molar refractivity (Wildman–Crippen MR) is 56.3 cm³/mol. The predicted octanol–water partition coefficient (Wildman–Crippen LogP) is 0.305.